The predicted molar refractivity (Wildman–Crippen MR) is 130 cm³/mol. The van der Waals surface area contributed by atoms with Crippen molar-refractivity contribution in [3.63, 3.8) is 0 Å². The Morgan fingerprint density at radius 2 is 1.81 bits per heavy atom. The van der Waals surface area contributed by atoms with Crippen molar-refractivity contribution in [2.75, 3.05) is 43.6 Å². The summed E-state index contributed by atoms with van der Waals surface area (Å²) in [7, 11) is -3.41. The Morgan fingerprint density at radius 3 is 2.45 bits per heavy atom. The summed E-state index contributed by atoms with van der Waals surface area (Å²) < 4.78 is 25.0. The van der Waals surface area contributed by atoms with Crippen LogP contribution in [-0.4, -0.2) is 62.9 Å². The number of rotatable bonds is 9. The summed E-state index contributed by atoms with van der Waals surface area (Å²) in [5.74, 6) is -0.248. The summed E-state index contributed by atoms with van der Waals surface area (Å²) >= 11 is 3.10. The third kappa shape index (κ3) is 5.46. The lowest BCUT2D eigenvalue weighted by Gasteiger charge is -2.25. The van der Waals surface area contributed by atoms with Crippen LogP contribution < -0.4 is 4.90 Å². The van der Waals surface area contributed by atoms with Crippen molar-refractivity contribution >= 4 is 54.2 Å². The topological polar surface area (TPSA) is 70.6 Å². The molecule has 1 aromatic heterocycles. The number of sulfone groups is 1. The van der Waals surface area contributed by atoms with Gasteiger partial charge in [0.05, 0.1) is 15.1 Å². The van der Waals surface area contributed by atoms with Gasteiger partial charge in [-0.25, -0.2) is 13.4 Å². The molecule has 0 bridgehead atoms. The van der Waals surface area contributed by atoms with Gasteiger partial charge in [0.1, 0.15) is 0 Å². The van der Waals surface area contributed by atoms with Crippen LogP contribution in [0.2, 0.25) is 0 Å². The minimum atomic E-state index is -3.41. The molecule has 0 fully saturated rings. The van der Waals surface area contributed by atoms with Gasteiger partial charge in [-0.15, -0.1) is 11.8 Å². The highest BCUT2D eigenvalue weighted by molar-refractivity contribution is 7.98. The average molecular weight is 478 g/mol. The van der Waals surface area contributed by atoms with E-state index in [4.69, 9.17) is 4.98 Å². The summed E-state index contributed by atoms with van der Waals surface area (Å²) in [6.45, 7) is 7.13. The number of thioether (sulfide) groups is 1. The lowest BCUT2D eigenvalue weighted by molar-refractivity contribution is 0.0983. The van der Waals surface area contributed by atoms with E-state index in [-0.39, 0.29) is 10.8 Å². The molecule has 0 N–H and O–H groups in total. The number of fused-ring (bicyclic) bond motifs is 1. The van der Waals surface area contributed by atoms with E-state index in [2.05, 4.69) is 18.7 Å². The van der Waals surface area contributed by atoms with Crippen LogP contribution in [-0.2, 0) is 9.84 Å². The summed E-state index contributed by atoms with van der Waals surface area (Å²) in [4.78, 5) is 23.4. The third-order valence-electron chi connectivity index (χ3n) is 5.11. The van der Waals surface area contributed by atoms with Crippen molar-refractivity contribution < 1.29 is 13.2 Å². The van der Waals surface area contributed by atoms with Crippen LogP contribution in [0.1, 0.15) is 24.2 Å². The second-order valence-electron chi connectivity index (χ2n) is 7.09. The van der Waals surface area contributed by atoms with Gasteiger partial charge in [-0.05, 0) is 49.7 Å². The number of benzene rings is 2. The Morgan fingerprint density at radius 1 is 1.10 bits per heavy atom. The molecule has 3 rings (SSSR count). The number of anilines is 1. The largest absolute Gasteiger partial charge is 0.302 e. The zero-order chi connectivity index (χ0) is 22.6. The molecule has 2 aromatic carbocycles. The quantitative estimate of drug-likeness (QED) is 0.425. The molecule has 0 aliphatic carbocycles. The molecule has 166 valence electrons. The van der Waals surface area contributed by atoms with Crippen LogP contribution in [0.25, 0.3) is 10.2 Å². The van der Waals surface area contributed by atoms with Crippen LogP contribution in [0.3, 0.4) is 0 Å². The van der Waals surface area contributed by atoms with Crippen LogP contribution in [0.4, 0.5) is 5.13 Å². The SMILES string of the molecule is CCN(CC)CCN(C(=O)c1cccc(S(C)(=O)=O)c1)c1nc2c(SC)cccc2s1. The lowest BCUT2D eigenvalue weighted by Crippen LogP contribution is -2.38. The van der Waals surface area contributed by atoms with Crippen LogP contribution >= 0.6 is 23.1 Å². The van der Waals surface area contributed by atoms with Crippen LogP contribution in [0.15, 0.2) is 52.3 Å². The van der Waals surface area contributed by atoms with Gasteiger partial charge in [0.25, 0.3) is 5.91 Å². The number of nitrogens with zero attached hydrogens (tertiary/aromatic N) is 3. The van der Waals surface area contributed by atoms with Gasteiger partial charge in [0.15, 0.2) is 15.0 Å². The van der Waals surface area contributed by atoms with Gasteiger partial charge in [-0.2, -0.15) is 0 Å². The molecule has 0 saturated heterocycles. The fraction of sp³-hybridized carbons (Fsp3) is 0.364. The molecule has 3 aromatic rings. The third-order valence-corrected chi connectivity index (χ3v) is 8.03. The molecule has 0 saturated carbocycles. The Kier molecular flexibility index (Phi) is 7.74. The standard InChI is InChI=1S/C22H27N3O3S3/c1-5-24(6-2)13-14-25(21(26)16-9-7-10-17(15-16)31(4,27)28)22-23-20-18(29-3)11-8-12-19(20)30-22/h7-12,15H,5-6,13-14H2,1-4H3. The number of likely N-dealkylation sites (N-methyl/N-ethyl adjacent to an activating group) is 1. The van der Waals surface area contributed by atoms with E-state index in [1.54, 1.807) is 28.8 Å². The molecule has 31 heavy (non-hydrogen) atoms. The van der Waals surface area contributed by atoms with Gasteiger partial charge in [-0.1, -0.05) is 37.3 Å². The summed E-state index contributed by atoms with van der Waals surface area (Å²) in [5, 5.41) is 0.624. The summed E-state index contributed by atoms with van der Waals surface area (Å²) in [6, 6.07) is 12.2. The zero-order valence-electron chi connectivity index (χ0n) is 18.2. The van der Waals surface area contributed by atoms with Crippen LogP contribution in [0.5, 0.6) is 0 Å². The number of hydrogen-bond acceptors (Lipinski definition) is 7. The number of hydrogen-bond donors (Lipinski definition) is 0. The maximum Gasteiger partial charge on any atom is 0.260 e. The van der Waals surface area contributed by atoms with Crippen molar-refractivity contribution in [3.8, 4) is 0 Å². The van der Waals surface area contributed by atoms with E-state index in [1.165, 1.54) is 23.5 Å². The van der Waals surface area contributed by atoms with Crippen molar-refractivity contribution in [1.82, 2.24) is 9.88 Å². The number of para-hydroxylation sites is 1. The Labute approximate surface area is 192 Å². The van der Waals surface area contributed by atoms with Crippen molar-refractivity contribution in [3.05, 3.63) is 48.0 Å². The van der Waals surface area contributed by atoms with E-state index in [0.29, 0.717) is 23.8 Å². The smallest absolute Gasteiger partial charge is 0.260 e. The molecule has 1 heterocycles. The normalized spacial score (nSPS) is 11.9. The lowest BCUT2D eigenvalue weighted by atomic mass is 10.2. The molecule has 1 amide bonds. The fourth-order valence-corrected chi connectivity index (χ4v) is 5.58. The highest BCUT2D eigenvalue weighted by Gasteiger charge is 2.23. The van der Waals surface area contributed by atoms with Gasteiger partial charge in [-0.3, -0.25) is 9.69 Å². The average Bonchev–Trinajstić information content (AvgIpc) is 3.20. The molecule has 0 aliphatic heterocycles. The Hall–Kier alpha value is -1.94. The number of aromatic nitrogens is 1. The highest BCUT2D eigenvalue weighted by atomic mass is 32.2. The van der Waals surface area contributed by atoms with Crippen LogP contribution in [0, 0.1) is 0 Å². The van der Waals surface area contributed by atoms with Crippen molar-refractivity contribution in [2.45, 2.75) is 23.6 Å². The van der Waals surface area contributed by atoms with E-state index in [1.807, 2.05) is 24.5 Å². The monoisotopic (exact) mass is 477 g/mol. The van der Waals surface area contributed by atoms with Gasteiger partial charge in [0, 0.05) is 29.8 Å². The number of thiazole rings is 1. The zero-order valence-corrected chi connectivity index (χ0v) is 20.6. The molecule has 0 spiro atoms. The van der Waals surface area contributed by atoms with E-state index in [0.717, 1.165) is 34.5 Å². The van der Waals surface area contributed by atoms with E-state index in [9.17, 15) is 13.2 Å². The number of carbonyl (C=O) groups excluding carboxylic acids is 1. The first kappa shape index (κ1) is 23.7. The molecular weight excluding hydrogens is 450 g/mol. The number of amides is 1. The molecule has 6 nitrogen and oxygen atoms in total. The first-order valence-corrected chi connectivity index (χ1v) is 14.0. The number of carbonyl (C=O) groups is 1. The molecule has 0 aliphatic rings. The maximum atomic E-state index is 13.5. The van der Waals surface area contributed by atoms with E-state index >= 15 is 0 Å². The predicted octanol–water partition coefficient (Wildman–Crippen LogP) is 4.41. The van der Waals surface area contributed by atoms with Crippen molar-refractivity contribution in [1.29, 1.82) is 0 Å². The molecular formula is C22H27N3O3S3. The van der Waals surface area contributed by atoms with E-state index < -0.39 is 9.84 Å². The second-order valence-corrected chi connectivity index (χ2v) is 11.0. The second kappa shape index (κ2) is 10.1. The van der Waals surface area contributed by atoms with Crippen molar-refractivity contribution in [2.24, 2.45) is 0 Å². The maximum absolute atomic E-state index is 13.5. The summed E-state index contributed by atoms with van der Waals surface area (Å²) in [5.41, 5.74) is 1.23. The minimum Gasteiger partial charge on any atom is -0.302 e. The molecule has 0 atom stereocenters. The van der Waals surface area contributed by atoms with Gasteiger partial charge < -0.3 is 4.90 Å². The first-order valence-electron chi connectivity index (χ1n) is 10.1. The summed E-state index contributed by atoms with van der Waals surface area (Å²) in [6.07, 6.45) is 3.15. The highest BCUT2D eigenvalue weighted by Crippen LogP contribution is 2.34. The fourth-order valence-electron chi connectivity index (χ4n) is 3.27. The molecule has 0 radical (unpaired) electrons. The first-order chi connectivity index (χ1) is 14.8. The molecule has 9 heteroatoms. The Balaban J connectivity index is 2.03. The molecule has 0 unspecified atom stereocenters. The minimum absolute atomic E-state index is 0.135. The van der Waals surface area contributed by atoms with Gasteiger partial charge in [0.2, 0.25) is 0 Å². The Bertz CT molecular complexity index is 1170. The van der Waals surface area contributed by atoms with Gasteiger partial charge >= 0.3 is 0 Å².